The van der Waals surface area contributed by atoms with Crippen molar-refractivity contribution in [3.63, 3.8) is 0 Å². The Morgan fingerprint density at radius 1 is 1.38 bits per heavy atom. The Morgan fingerprint density at radius 2 is 2.17 bits per heavy atom. The highest BCUT2D eigenvalue weighted by Gasteiger charge is 2.16. The number of thioether (sulfide) groups is 1. The van der Waals surface area contributed by atoms with Crippen molar-refractivity contribution in [1.29, 1.82) is 0 Å². The normalized spacial score (nSPS) is 15.0. The van der Waals surface area contributed by atoms with Crippen molar-refractivity contribution in [3.8, 4) is 5.88 Å². The third kappa shape index (κ3) is 7.92. The third-order valence-corrected chi connectivity index (χ3v) is 4.36. The molecule has 0 aromatic carbocycles. The van der Waals surface area contributed by atoms with Gasteiger partial charge >= 0.3 is 0 Å². The van der Waals surface area contributed by atoms with Crippen molar-refractivity contribution in [2.24, 2.45) is 4.99 Å². The number of nitrogens with one attached hydrogen (secondary N) is 2. The number of halogens is 1. The first-order valence-corrected chi connectivity index (χ1v) is 9.84. The quantitative estimate of drug-likeness (QED) is 0.267. The molecule has 0 atom stereocenters. The number of pyridine rings is 1. The van der Waals surface area contributed by atoms with E-state index in [2.05, 4.69) is 33.8 Å². The summed E-state index contributed by atoms with van der Waals surface area (Å²) >= 11 is 1.82. The number of hydrogen-bond acceptors (Lipinski definition) is 4. The summed E-state index contributed by atoms with van der Waals surface area (Å²) in [4.78, 5) is 8.95. The maximum absolute atomic E-state index is 5.96. The van der Waals surface area contributed by atoms with Crippen LogP contribution in [0.15, 0.2) is 23.3 Å². The highest BCUT2D eigenvalue weighted by Crippen LogP contribution is 2.23. The Hall–Kier alpha value is -0.700. The maximum atomic E-state index is 5.96. The Morgan fingerprint density at radius 3 is 2.88 bits per heavy atom. The fourth-order valence-electron chi connectivity index (χ4n) is 2.57. The van der Waals surface area contributed by atoms with E-state index >= 15 is 0 Å². The molecule has 0 radical (unpaired) electrons. The smallest absolute Gasteiger partial charge is 0.213 e. The lowest BCUT2D eigenvalue weighted by Gasteiger charge is -2.13. The monoisotopic (exact) mass is 464 g/mol. The molecular formula is C17H29IN4OS. The summed E-state index contributed by atoms with van der Waals surface area (Å²) < 4.78 is 5.96. The highest BCUT2D eigenvalue weighted by atomic mass is 127. The van der Waals surface area contributed by atoms with Gasteiger partial charge in [0.15, 0.2) is 5.96 Å². The van der Waals surface area contributed by atoms with Crippen LogP contribution in [0.2, 0.25) is 0 Å². The second-order valence-corrected chi connectivity index (χ2v) is 6.63. The lowest BCUT2D eigenvalue weighted by atomic mass is 10.2. The molecule has 1 aromatic rings. The molecule has 1 saturated carbocycles. The molecule has 1 fully saturated rings. The Kier molecular flexibility index (Phi) is 11.2. The summed E-state index contributed by atoms with van der Waals surface area (Å²) in [5.74, 6) is 2.65. The van der Waals surface area contributed by atoms with Crippen molar-refractivity contribution >= 4 is 41.7 Å². The fraction of sp³-hybridized carbons (Fsp3) is 0.647. The summed E-state index contributed by atoms with van der Waals surface area (Å²) in [5, 5.41) is 6.60. The van der Waals surface area contributed by atoms with Crippen LogP contribution in [0.25, 0.3) is 0 Å². The van der Waals surface area contributed by atoms with Crippen molar-refractivity contribution in [1.82, 2.24) is 15.6 Å². The number of ether oxygens (including phenoxy) is 1. The van der Waals surface area contributed by atoms with Gasteiger partial charge in [0.05, 0.1) is 6.54 Å². The zero-order valence-corrected chi connectivity index (χ0v) is 17.7. The molecule has 2 rings (SSSR count). The molecule has 0 spiro atoms. The molecule has 5 nitrogen and oxygen atoms in total. The van der Waals surface area contributed by atoms with Gasteiger partial charge in [-0.2, -0.15) is 11.8 Å². The van der Waals surface area contributed by atoms with Gasteiger partial charge in [0.25, 0.3) is 0 Å². The van der Waals surface area contributed by atoms with E-state index in [9.17, 15) is 0 Å². The van der Waals surface area contributed by atoms with E-state index in [4.69, 9.17) is 4.74 Å². The van der Waals surface area contributed by atoms with Gasteiger partial charge in [-0.15, -0.1) is 24.0 Å². The topological polar surface area (TPSA) is 58.5 Å². The minimum absolute atomic E-state index is 0. The second kappa shape index (κ2) is 12.6. The van der Waals surface area contributed by atoms with Gasteiger partial charge in [0.2, 0.25) is 5.88 Å². The maximum Gasteiger partial charge on any atom is 0.213 e. The van der Waals surface area contributed by atoms with Crippen LogP contribution in [0.4, 0.5) is 0 Å². The molecule has 0 unspecified atom stereocenters. The summed E-state index contributed by atoms with van der Waals surface area (Å²) in [6, 6.07) is 4.00. The van der Waals surface area contributed by atoms with Crippen LogP contribution in [0.1, 0.15) is 38.2 Å². The molecular weight excluding hydrogens is 435 g/mol. The molecule has 0 amide bonds. The van der Waals surface area contributed by atoms with Crippen LogP contribution in [-0.4, -0.2) is 42.1 Å². The van der Waals surface area contributed by atoms with Gasteiger partial charge in [0, 0.05) is 31.1 Å². The average Bonchev–Trinajstić information content (AvgIpc) is 3.06. The number of rotatable bonds is 8. The molecule has 24 heavy (non-hydrogen) atoms. The van der Waals surface area contributed by atoms with Gasteiger partial charge in [-0.3, -0.25) is 0 Å². The molecule has 1 heterocycles. The van der Waals surface area contributed by atoms with Crippen LogP contribution >= 0.6 is 35.7 Å². The number of guanidine groups is 1. The minimum Gasteiger partial charge on any atom is -0.474 e. The number of aromatic nitrogens is 1. The fourth-order valence-corrected chi connectivity index (χ4v) is 2.88. The van der Waals surface area contributed by atoms with Crippen LogP contribution in [0, 0.1) is 0 Å². The van der Waals surface area contributed by atoms with Crippen molar-refractivity contribution < 1.29 is 4.74 Å². The average molecular weight is 464 g/mol. The summed E-state index contributed by atoms with van der Waals surface area (Å²) in [6.07, 6.45) is 9.08. The summed E-state index contributed by atoms with van der Waals surface area (Å²) in [7, 11) is 0. The highest BCUT2D eigenvalue weighted by molar-refractivity contribution is 14.0. The SMILES string of the molecule is CCNC(=NCc1ccnc(OC2CCCC2)c1)NCCSC.I. The lowest BCUT2D eigenvalue weighted by molar-refractivity contribution is 0.201. The molecule has 0 saturated heterocycles. The van der Waals surface area contributed by atoms with Crippen molar-refractivity contribution in [2.75, 3.05) is 25.1 Å². The summed E-state index contributed by atoms with van der Waals surface area (Å²) in [6.45, 7) is 4.47. The van der Waals surface area contributed by atoms with Gasteiger partial charge in [-0.05, 0) is 50.5 Å². The van der Waals surface area contributed by atoms with Crippen molar-refractivity contribution in [3.05, 3.63) is 23.9 Å². The Labute approximate surface area is 166 Å². The van der Waals surface area contributed by atoms with E-state index in [0.717, 1.165) is 49.1 Å². The predicted molar refractivity (Wildman–Crippen MR) is 114 cm³/mol. The molecule has 0 bridgehead atoms. The molecule has 136 valence electrons. The molecule has 0 aliphatic heterocycles. The van der Waals surface area contributed by atoms with Gasteiger partial charge in [0.1, 0.15) is 6.10 Å². The standard InChI is InChI=1S/C17H28N4OS.HI/c1-3-18-17(20-10-11-23-2)21-13-14-8-9-19-16(12-14)22-15-6-4-5-7-15;/h8-9,12,15H,3-7,10-11,13H2,1-2H3,(H2,18,20,21);1H. The molecule has 7 heteroatoms. The van der Waals surface area contributed by atoms with E-state index in [1.807, 2.05) is 30.1 Å². The number of hydrogen-bond donors (Lipinski definition) is 2. The largest absolute Gasteiger partial charge is 0.474 e. The molecule has 2 N–H and O–H groups in total. The minimum atomic E-state index is 0. The first kappa shape index (κ1) is 21.3. The second-order valence-electron chi connectivity index (χ2n) is 5.64. The number of nitrogens with zero attached hydrogens (tertiary/aromatic N) is 2. The van der Waals surface area contributed by atoms with E-state index < -0.39 is 0 Å². The lowest BCUT2D eigenvalue weighted by Crippen LogP contribution is -2.38. The number of aliphatic imine (C=N–C) groups is 1. The van der Waals surface area contributed by atoms with Gasteiger partial charge in [-0.1, -0.05) is 0 Å². The third-order valence-electron chi connectivity index (χ3n) is 3.75. The summed E-state index contributed by atoms with van der Waals surface area (Å²) in [5.41, 5.74) is 1.12. The molecule has 1 aromatic heterocycles. The van der Waals surface area contributed by atoms with E-state index in [1.165, 1.54) is 12.8 Å². The molecule has 1 aliphatic rings. The van der Waals surface area contributed by atoms with E-state index in [1.54, 1.807) is 0 Å². The van der Waals surface area contributed by atoms with Gasteiger partial charge < -0.3 is 15.4 Å². The van der Waals surface area contributed by atoms with Crippen LogP contribution in [0.5, 0.6) is 5.88 Å². The van der Waals surface area contributed by atoms with Crippen molar-refractivity contribution in [2.45, 2.75) is 45.3 Å². The zero-order valence-electron chi connectivity index (χ0n) is 14.6. The predicted octanol–water partition coefficient (Wildman–Crippen LogP) is 3.44. The van der Waals surface area contributed by atoms with E-state index in [0.29, 0.717) is 12.6 Å². The first-order chi connectivity index (χ1) is 11.3. The zero-order chi connectivity index (χ0) is 16.3. The first-order valence-electron chi connectivity index (χ1n) is 8.44. The Bertz CT molecular complexity index is 495. The van der Waals surface area contributed by atoms with Crippen LogP contribution in [0.3, 0.4) is 0 Å². The Balaban J connectivity index is 0.00000288. The van der Waals surface area contributed by atoms with E-state index in [-0.39, 0.29) is 24.0 Å². The van der Waals surface area contributed by atoms with Crippen LogP contribution < -0.4 is 15.4 Å². The van der Waals surface area contributed by atoms with Gasteiger partial charge in [-0.25, -0.2) is 9.98 Å². The van der Waals surface area contributed by atoms with Crippen LogP contribution in [-0.2, 0) is 6.54 Å². The molecule has 1 aliphatic carbocycles.